The minimum Gasteiger partial charge on any atom is -0.480 e. The number of hydrogen-bond acceptors (Lipinski definition) is 14. The SMILES string of the molecule is CC(C)N(CC[C@H](N)C(=O)O)C(=O)[C@H]1OC(n2cnc3c(N)nc(NCCNC(=O)CCCCCCS(C)(=O)=O)nc32)[C@H](O)[C@@H]1O. The third kappa shape index (κ3) is 9.92. The minimum atomic E-state index is -2.97. The Hall–Kier alpha value is -3.65. The van der Waals surface area contributed by atoms with Crippen LogP contribution in [0.25, 0.3) is 11.2 Å². The van der Waals surface area contributed by atoms with Crippen molar-refractivity contribution in [2.45, 2.75) is 89.0 Å². The molecule has 0 aliphatic carbocycles. The number of rotatable bonds is 18. The molecule has 2 aromatic heterocycles. The maximum absolute atomic E-state index is 13.4. The average molecular weight is 672 g/mol. The Morgan fingerprint density at radius 1 is 1.11 bits per heavy atom. The number of sulfone groups is 1. The lowest BCUT2D eigenvalue weighted by molar-refractivity contribution is -0.151. The molecule has 1 unspecified atom stereocenters. The number of aliphatic hydroxyl groups excluding tert-OH is 2. The van der Waals surface area contributed by atoms with E-state index in [0.29, 0.717) is 19.3 Å². The molecule has 2 amide bonds. The van der Waals surface area contributed by atoms with Gasteiger partial charge in [0.2, 0.25) is 11.9 Å². The van der Waals surface area contributed by atoms with Gasteiger partial charge in [0.25, 0.3) is 5.91 Å². The number of imidazole rings is 1. The molecule has 9 N–H and O–H groups in total. The van der Waals surface area contributed by atoms with Crippen LogP contribution in [0, 0.1) is 0 Å². The Balaban J connectivity index is 1.59. The number of carbonyl (C=O) groups is 3. The van der Waals surface area contributed by atoms with Crippen molar-refractivity contribution < 1.29 is 42.9 Å². The van der Waals surface area contributed by atoms with Gasteiger partial charge in [-0.2, -0.15) is 9.97 Å². The number of amides is 2. The summed E-state index contributed by atoms with van der Waals surface area (Å²) < 4.78 is 29.5. The van der Waals surface area contributed by atoms with Crippen molar-refractivity contribution in [3.05, 3.63) is 6.33 Å². The summed E-state index contributed by atoms with van der Waals surface area (Å²) >= 11 is 0. The summed E-state index contributed by atoms with van der Waals surface area (Å²) in [7, 11) is -2.97. The number of fused-ring (bicyclic) bond motifs is 1. The normalized spacial score (nSPS) is 20.6. The summed E-state index contributed by atoms with van der Waals surface area (Å²) in [5.41, 5.74) is 12.0. The Kier molecular flexibility index (Phi) is 13.0. The summed E-state index contributed by atoms with van der Waals surface area (Å²) in [6.45, 7) is 3.95. The fraction of sp³-hybridized carbons (Fsp3) is 0.704. The lowest BCUT2D eigenvalue weighted by atomic mass is 10.1. The van der Waals surface area contributed by atoms with Gasteiger partial charge >= 0.3 is 5.97 Å². The second-order valence-electron chi connectivity index (χ2n) is 11.6. The van der Waals surface area contributed by atoms with Crippen molar-refractivity contribution in [2.24, 2.45) is 5.73 Å². The Morgan fingerprint density at radius 2 is 1.80 bits per heavy atom. The van der Waals surface area contributed by atoms with E-state index in [1.807, 2.05) is 0 Å². The molecule has 258 valence electrons. The van der Waals surface area contributed by atoms with Crippen molar-refractivity contribution in [2.75, 3.05) is 42.7 Å². The number of ether oxygens (including phenoxy) is 1. The molecule has 0 aromatic carbocycles. The molecule has 1 aliphatic rings. The van der Waals surface area contributed by atoms with Gasteiger partial charge in [-0.15, -0.1) is 0 Å². The van der Waals surface area contributed by atoms with E-state index < -0.39 is 52.3 Å². The number of nitrogens with zero attached hydrogens (tertiary/aromatic N) is 5. The van der Waals surface area contributed by atoms with Gasteiger partial charge in [-0.05, 0) is 33.1 Å². The first-order valence-corrected chi connectivity index (χ1v) is 17.2. The number of nitrogens with two attached hydrogens (primary N) is 2. The monoisotopic (exact) mass is 671 g/mol. The number of aromatic nitrogens is 4. The highest BCUT2D eigenvalue weighted by atomic mass is 32.2. The summed E-state index contributed by atoms with van der Waals surface area (Å²) in [4.78, 5) is 50.7. The Morgan fingerprint density at radius 3 is 2.46 bits per heavy atom. The first-order valence-electron chi connectivity index (χ1n) is 15.1. The second-order valence-corrected chi connectivity index (χ2v) is 13.9. The zero-order chi connectivity index (χ0) is 34.2. The van der Waals surface area contributed by atoms with Crippen LogP contribution in [0.1, 0.15) is 58.6 Å². The number of carbonyl (C=O) groups excluding carboxylic acids is 2. The molecule has 46 heavy (non-hydrogen) atoms. The summed E-state index contributed by atoms with van der Waals surface area (Å²) in [5.74, 6) is -1.72. The largest absolute Gasteiger partial charge is 0.480 e. The maximum Gasteiger partial charge on any atom is 0.320 e. The summed E-state index contributed by atoms with van der Waals surface area (Å²) in [6, 6.07) is -1.56. The second kappa shape index (κ2) is 16.3. The van der Waals surface area contributed by atoms with Crippen LogP contribution in [0.4, 0.5) is 11.8 Å². The number of hydrogen-bond donors (Lipinski definition) is 7. The topological polar surface area (TPSA) is 278 Å². The maximum atomic E-state index is 13.4. The molecule has 1 saturated heterocycles. The van der Waals surface area contributed by atoms with E-state index >= 15 is 0 Å². The number of aliphatic hydroxyl groups is 2. The predicted molar refractivity (Wildman–Crippen MR) is 167 cm³/mol. The smallest absolute Gasteiger partial charge is 0.320 e. The van der Waals surface area contributed by atoms with Crippen molar-refractivity contribution in [1.82, 2.24) is 29.7 Å². The fourth-order valence-electron chi connectivity index (χ4n) is 4.95. The van der Waals surface area contributed by atoms with Gasteiger partial charge in [0.05, 0.1) is 6.33 Å². The van der Waals surface area contributed by atoms with Crippen LogP contribution in [-0.2, 0) is 29.0 Å². The van der Waals surface area contributed by atoms with Gasteiger partial charge in [0, 0.05) is 44.1 Å². The van der Waals surface area contributed by atoms with Crippen LogP contribution >= 0.6 is 0 Å². The van der Waals surface area contributed by atoms with Crippen LogP contribution < -0.4 is 22.1 Å². The van der Waals surface area contributed by atoms with E-state index in [9.17, 15) is 33.0 Å². The number of aliphatic carboxylic acids is 1. The van der Waals surface area contributed by atoms with Crippen molar-refractivity contribution >= 4 is 50.6 Å². The standard InChI is InChI=1S/C27H45N9O9S/c1-15(2)35(12-9-16(28)26(41)42)24(40)21-19(38)20(39)25(45-21)36-14-32-18-22(29)33-27(34-23(18)36)31-11-10-30-17(37)8-6-4-5-7-13-46(3,43)44/h14-16,19-21,25,38-39H,4-13,28H2,1-3H3,(H,30,37)(H,41,42)(H3,29,31,33,34)/t16-,19-,20+,21-,25?/m0/s1. The van der Waals surface area contributed by atoms with Gasteiger partial charge in [0.1, 0.15) is 33.6 Å². The lowest BCUT2D eigenvalue weighted by Gasteiger charge is -2.30. The highest BCUT2D eigenvalue weighted by Crippen LogP contribution is 2.33. The van der Waals surface area contributed by atoms with E-state index in [0.717, 1.165) is 12.8 Å². The first kappa shape index (κ1) is 36.8. The molecule has 0 spiro atoms. The van der Waals surface area contributed by atoms with E-state index in [4.69, 9.17) is 21.3 Å². The van der Waals surface area contributed by atoms with Gasteiger partial charge in [-0.25, -0.2) is 13.4 Å². The van der Waals surface area contributed by atoms with Crippen molar-refractivity contribution in [3.8, 4) is 0 Å². The minimum absolute atomic E-state index is 0.00212. The van der Waals surface area contributed by atoms with Gasteiger partial charge in [0.15, 0.2) is 23.8 Å². The van der Waals surface area contributed by atoms with Crippen molar-refractivity contribution in [1.29, 1.82) is 0 Å². The molecule has 18 nitrogen and oxygen atoms in total. The van der Waals surface area contributed by atoms with Crippen LogP contribution in [0.3, 0.4) is 0 Å². The quantitative estimate of drug-likeness (QED) is 0.0897. The predicted octanol–water partition coefficient (Wildman–Crippen LogP) is -1.41. The van der Waals surface area contributed by atoms with E-state index in [2.05, 4.69) is 25.6 Å². The zero-order valence-electron chi connectivity index (χ0n) is 26.2. The lowest BCUT2D eigenvalue weighted by Crippen LogP contribution is -2.49. The number of carboxylic acids is 1. The van der Waals surface area contributed by atoms with E-state index in [1.54, 1.807) is 13.8 Å². The molecule has 3 rings (SSSR count). The fourth-order valence-corrected chi connectivity index (χ4v) is 5.68. The molecule has 19 heteroatoms. The summed E-state index contributed by atoms with van der Waals surface area (Å²) in [5, 5.41) is 36.5. The molecule has 0 saturated carbocycles. The van der Waals surface area contributed by atoms with Gasteiger partial charge in [-0.1, -0.05) is 12.8 Å². The van der Waals surface area contributed by atoms with Crippen LogP contribution in [0.5, 0.6) is 0 Å². The number of anilines is 2. The number of nitrogen functional groups attached to an aromatic ring is 1. The average Bonchev–Trinajstić information content (AvgIpc) is 3.52. The molecule has 0 radical (unpaired) electrons. The molecule has 0 bridgehead atoms. The first-order chi connectivity index (χ1) is 21.6. The highest BCUT2D eigenvalue weighted by molar-refractivity contribution is 7.90. The van der Waals surface area contributed by atoms with Crippen LogP contribution in [-0.4, -0.2) is 128 Å². The molecular formula is C27H45N9O9S. The molecule has 5 atom stereocenters. The third-order valence-electron chi connectivity index (χ3n) is 7.51. The van der Waals surface area contributed by atoms with Gasteiger partial charge in [-0.3, -0.25) is 19.0 Å². The molecule has 2 aromatic rings. The number of carboxylic acid groups (broad SMARTS) is 1. The third-order valence-corrected chi connectivity index (χ3v) is 8.54. The molecular weight excluding hydrogens is 626 g/mol. The van der Waals surface area contributed by atoms with Crippen molar-refractivity contribution in [3.63, 3.8) is 0 Å². The van der Waals surface area contributed by atoms with E-state index in [-0.39, 0.29) is 66.7 Å². The summed E-state index contributed by atoms with van der Waals surface area (Å²) in [6.07, 6.45) is -0.397. The van der Waals surface area contributed by atoms with E-state index in [1.165, 1.54) is 22.1 Å². The Bertz CT molecular complexity index is 1470. The molecule has 1 fully saturated rings. The molecule has 3 heterocycles. The molecule has 1 aliphatic heterocycles. The Labute approximate surface area is 266 Å². The van der Waals surface area contributed by atoms with Crippen LogP contribution in [0.15, 0.2) is 6.33 Å². The van der Waals surface area contributed by atoms with Gasteiger partial charge < -0.3 is 47.1 Å². The number of unbranched alkanes of at least 4 members (excludes halogenated alkanes) is 3. The highest BCUT2D eigenvalue weighted by Gasteiger charge is 2.49. The zero-order valence-corrected chi connectivity index (χ0v) is 27.0. The van der Waals surface area contributed by atoms with Crippen LogP contribution in [0.2, 0.25) is 0 Å². The number of nitrogens with one attached hydrogen (secondary N) is 2.